The third-order valence-corrected chi connectivity index (χ3v) is 4.80. The number of para-hydroxylation sites is 1. The number of benzene rings is 1. The molecule has 0 amide bonds. The van der Waals surface area contributed by atoms with E-state index in [9.17, 15) is 5.11 Å². The van der Waals surface area contributed by atoms with Crippen molar-refractivity contribution in [1.29, 1.82) is 0 Å². The van der Waals surface area contributed by atoms with Crippen molar-refractivity contribution in [1.82, 2.24) is 9.88 Å². The van der Waals surface area contributed by atoms with Crippen LogP contribution in [-0.2, 0) is 6.42 Å². The van der Waals surface area contributed by atoms with Crippen LogP contribution in [0.5, 0.6) is 0 Å². The molecular weight excluding hydrogens is 260 g/mol. The van der Waals surface area contributed by atoms with Crippen molar-refractivity contribution in [2.24, 2.45) is 0 Å². The third-order valence-electron chi connectivity index (χ3n) is 4.80. The maximum atomic E-state index is 10.7. The molecule has 1 aliphatic rings. The Balaban J connectivity index is 1.77. The monoisotopic (exact) mass is 284 g/mol. The van der Waals surface area contributed by atoms with Crippen LogP contribution in [0.4, 0.5) is 0 Å². The van der Waals surface area contributed by atoms with E-state index in [0.717, 1.165) is 29.7 Å². The molecule has 1 fully saturated rings. The number of nitrogens with zero attached hydrogens (tertiary/aromatic N) is 2. The summed E-state index contributed by atoms with van der Waals surface area (Å²) in [6.07, 6.45) is 2.69. The van der Waals surface area contributed by atoms with Gasteiger partial charge < -0.3 is 5.11 Å². The maximum Gasteiger partial charge on any atom is 0.0773 e. The van der Waals surface area contributed by atoms with E-state index in [1.54, 1.807) is 0 Å². The van der Waals surface area contributed by atoms with E-state index in [0.29, 0.717) is 6.42 Å². The number of aromatic nitrogens is 1. The Morgan fingerprint density at radius 1 is 1.14 bits per heavy atom. The Morgan fingerprint density at radius 3 is 2.62 bits per heavy atom. The summed E-state index contributed by atoms with van der Waals surface area (Å²) >= 11 is 0. The number of hydrogen-bond acceptors (Lipinski definition) is 3. The van der Waals surface area contributed by atoms with Crippen LogP contribution in [0.1, 0.15) is 32.4 Å². The molecule has 3 rings (SSSR count). The van der Waals surface area contributed by atoms with Gasteiger partial charge in [-0.1, -0.05) is 24.3 Å². The van der Waals surface area contributed by atoms with E-state index in [-0.39, 0.29) is 5.54 Å². The van der Waals surface area contributed by atoms with Gasteiger partial charge in [-0.3, -0.25) is 9.88 Å². The van der Waals surface area contributed by atoms with E-state index in [1.807, 2.05) is 24.3 Å². The largest absolute Gasteiger partial charge is 0.391 e. The van der Waals surface area contributed by atoms with Crippen molar-refractivity contribution in [3.8, 4) is 0 Å². The summed E-state index contributed by atoms with van der Waals surface area (Å²) in [5.41, 5.74) is 1.78. The highest BCUT2D eigenvalue weighted by atomic mass is 16.3. The van der Waals surface area contributed by atoms with E-state index < -0.39 is 6.10 Å². The van der Waals surface area contributed by atoms with E-state index in [2.05, 4.69) is 35.9 Å². The fraction of sp³-hybridized carbons (Fsp3) is 0.500. The summed E-state index contributed by atoms with van der Waals surface area (Å²) in [6, 6.07) is 12.2. The maximum absolute atomic E-state index is 10.7. The van der Waals surface area contributed by atoms with Gasteiger partial charge in [0.2, 0.25) is 0 Å². The van der Waals surface area contributed by atoms with Crippen molar-refractivity contribution >= 4 is 10.9 Å². The first-order valence-corrected chi connectivity index (χ1v) is 7.85. The second-order valence-electron chi connectivity index (χ2n) is 6.56. The van der Waals surface area contributed by atoms with Crippen LogP contribution < -0.4 is 0 Å². The molecule has 0 saturated carbocycles. The average molecular weight is 284 g/mol. The van der Waals surface area contributed by atoms with Gasteiger partial charge in [0, 0.05) is 23.0 Å². The van der Waals surface area contributed by atoms with Gasteiger partial charge in [-0.25, -0.2) is 0 Å². The fourth-order valence-corrected chi connectivity index (χ4v) is 3.17. The minimum Gasteiger partial charge on any atom is -0.391 e. The normalized spacial score (nSPS) is 18.2. The Kier molecular flexibility index (Phi) is 3.96. The molecule has 0 spiro atoms. The van der Waals surface area contributed by atoms with Gasteiger partial charge in [-0.05, 0) is 51.9 Å². The first-order chi connectivity index (χ1) is 10.1. The molecule has 112 valence electrons. The fourth-order valence-electron chi connectivity index (χ4n) is 3.17. The third kappa shape index (κ3) is 2.94. The zero-order chi connectivity index (χ0) is 14.9. The van der Waals surface area contributed by atoms with E-state index in [1.165, 1.54) is 12.8 Å². The number of aliphatic hydroxyl groups is 1. The molecule has 1 saturated heterocycles. The average Bonchev–Trinajstić information content (AvgIpc) is 3.02. The second-order valence-corrected chi connectivity index (χ2v) is 6.56. The molecule has 3 nitrogen and oxygen atoms in total. The highest BCUT2D eigenvalue weighted by Crippen LogP contribution is 2.26. The molecule has 0 bridgehead atoms. The Morgan fingerprint density at radius 2 is 1.86 bits per heavy atom. The van der Waals surface area contributed by atoms with Gasteiger partial charge in [0.15, 0.2) is 0 Å². The molecule has 1 aromatic heterocycles. The number of hydrogen-bond donors (Lipinski definition) is 1. The zero-order valence-corrected chi connectivity index (χ0v) is 12.9. The smallest absolute Gasteiger partial charge is 0.0773 e. The van der Waals surface area contributed by atoms with Crippen molar-refractivity contribution in [3.05, 3.63) is 42.1 Å². The lowest BCUT2D eigenvalue weighted by atomic mass is 9.91. The van der Waals surface area contributed by atoms with Crippen molar-refractivity contribution in [2.75, 3.05) is 13.1 Å². The standard InChI is InChI=1S/C18H24N2O/c1-18(2,20-11-5-6-12-20)17(21)13-15-10-9-14-7-3-4-8-16(14)19-15/h3-4,7-10,17,21H,5-6,11-13H2,1-2H3. The van der Waals surface area contributed by atoms with E-state index in [4.69, 9.17) is 0 Å². The molecular formula is C18H24N2O. The lowest BCUT2D eigenvalue weighted by Gasteiger charge is -2.39. The van der Waals surface area contributed by atoms with Crippen LogP contribution in [-0.4, -0.2) is 39.7 Å². The molecule has 0 aliphatic carbocycles. The Labute approximate surface area is 126 Å². The van der Waals surface area contributed by atoms with Crippen molar-refractivity contribution in [3.63, 3.8) is 0 Å². The minimum atomic E-state index is -0.399. The minimum absolute atomic E-state index is 0.191. The van der Waals surface area contributed by atoms with Gasteiger partial charge in [-0.2, -0.15) is 0 Å². The molecule has 1 N–H and O–H groups in total. The van der Waals surface area contributed by atoms with Gasteiger partial charge in [0.1, 0.15) is 0 Å². The van der Waals surface area contributed by atoms with Gasteiger partial charge in [-0.15, -0.1) is 0 Å². The van der Waals surface area contributed by atoms with Crippen LogP contribution >= 0.6 is 0 Å². The summed E-state index contributed by atoms with van der Waals surface area (Å²) in [7, 11) is 0. The Bertz CT molecular complexity index is 617. The second kappa shape index (κ2) is 5.74. The lowest BCUT2D eigenvalue weighted by Crippen LogP contribution is -2.52. The van der Waals surface area contributed by atoms with Gasteiger partial charge in [0.25, 0.3) is 0 Å². The van der Waals surface area contributed by atoms with Crippen LogP contribution in [0, 0.1) is 0 Å². The van der Waals surface area contributed by atoms with Gasteiger partial charge in [0.05, 0.1) is 11.6 Å². The first-order valence-electron chi connectivity index (χ1n) is 7.85. The molecule has 1 atom stereocenters. The van der Waals surface area contributed by atoms with Crippen LogP contribution in [0.2, 0.25) is 0 Å². The number of aliphatic hydroxyl groups excluding tert-OH is 1. The van der Waals surface area contributed by atoms with Crippen LogP contribution in [0.15, 0.2) is 36.4 Å². The molecule has 21 heavy (non-hydrogen) atoms. The molecule has 3 heteroatoms. The predicted octanol–water partition coefficient (Wildman–Crippen LogP) is 3.01. The summed E-state index contributed by atoms with van der Waals surface area (Å²) < 4.78 is 0. The topological polar surface area (TPSA) is 36.4 Å². The van der Waals surface area contributed by atoms with E-state index >= 15 is 0 Å². The predicted molar refractivity (Wildman–Crippen MR) is 86.3 cm³/mol. The van der Waals surface area contributed by atoms with Gasteiger partial charge >= 0.3 is 0 Å². The van der Waals surface area contributed by atoms with Crippen LogP contribution in [0.3, 0.4) is 0 Å². The molecule has 0 radical (unpaired) electrons. The molecule has 2 heterocycles. The van der Waals surface area contributed by atoms with Crippen molar-refractivity contribution < 1.29 is 5.11 Å². The lowest BCUT2D eigenvalue weighted by molar-refractivity contribution is 0.00289. The highest BCUT2D eigenvalue weighted by molar-refractivity contribution is 5.78. The quantitative estimate of drug-likeness (QED) is 0.937. The first kappa shape index (κ1) is 14.5. The highest BCUT2D eigenvalue weighted by Gasteiger charge is 2.35. The summed E-state index contributed by atoms with van der Waals surface area (Å²) in [5.74, 6) is 0. The number of pyridine rings is 1. The molecule has 1 aliphatic heterocycles. The molecule has 2 aromatic rings. The van der Waals surface area contributed by atoms with Crippen LogP contribution in [0.25, 0.3) is 10.9 Å². The Hall–Kier alpha value is -1.45. The summed E-state index contributed by atoms with van der Waals surface area (Å²) in [4.78, 5) is 7.08. The summed E-state index contributed by atoms with van der Waals surface area (Å²) in [5, 5.41) is 11.8. The SMILES string of the molecule is CC(C)(C(O)Cc1ccc2ccccc2n1)N1CCCC1. The molecule has 1 aromatic carbocycles. The zero-order valence-electron chi connectivity index (χ0n) is 12.9. The van der Waals surface area contributed by atoms with Crippen molar-refractivity contribution in [2.45, 2.75) is 44.8 Å². The summed E-state index contributed by atoms with van der Waals surface area (Å²) in [6.45, 7) is 6.47. The number of likely N-dealkylation sites (tertiary alicyclic amines) is 1. The molecule has 1 unspecified atom stereocenters. The number of rotatable bonds is 4. The number of fused-ring (bicyclic) bond motifs is 1.